The maximum Gasteiger partial charge on any atom is 0.355 e. The van der Waals surface area contributed by atoms with Gasteiger partial charge >= 0.3 is 19.5 Å². The number of ether oxygens (including phenoxy) is 4. The predicted octanol–water partition coefficient (Wildman–Crippen LogP) is 5.28. The first-order valence-corrected chi connectivity index (χ1v) is 14.0. The monoisotopic (exact) mass is 565 g/mol. The van der Waals surface area contributed by atoms with E-state index in [1.54, 1.807) is 30.3 Å². The molecule has 204 valence electrons. The van der Waals surface area contributed by atoms with Crippen molar-refractivity contribution in [2.45, 2.75) is 12.0 Å². The molecule has 3 atom stereocenters. The molecular formula is C26H29FNO8PS. The number of hydrogen-bond donors (Lipinski definition) is 1. The minimum Gasteiger partial charge on any atom is -0.462 e. The molecule has 1 N–H and O–H groups in total. The van der Waals surface area contributed by atoms with Crippen LogP contribution in [0.2, 0.25) is 0 Å². The quantitative estimate of drug-likeness (QED) is 0.114. The molecule has 0 spiro atoms. The number of benzene rings is 2. The smallest absolute Gasteiger partial charge is 0.355 e. The number of rotatable bonds is 15. The maximum atomic E-state index is 16.1. The van der Waals surface area contributed by atoms with E-state index in [4.69, 9.17) is 23.5 Å². The van der Waals surface area contributed by atoms with Crippen molar-refractivity contribution in [3.8, 4) is 5.75 Å². The fourth-order valence-electron chi connectivity index (χ4n) is 3.36. The van der Waals surface area contributed by atoms with Crippen molar-refractivity contribution in [3.63, 3.8) is 0 Å². The first kappa shape index (κ1) is 29.5. The van der Waals surface area contributed by atoms with Gasteiger partial charge in [0.2, 0.25) is 5.91 Å². The highest BCUT2D eigenvalue weighted by Crippen LogP contribution is 2.58. The normalized spacial score (nSPS) is 14.3. The SMILES string of the molecule is C=CCOC(=O)c1cc2cc([C@H](F)P(=O)(N[C@@H](COC)C(=O)OCCOC)Oc3ccccc3)ccc2s1. The third-order valence-electron chi connectivity index (χ3n) is 5.12. The lowest BCUT2D eigenvalue weighted by atomic mass is 10.2. The summed E-state index contributed by atoms with van der Waals surface area (Å²) in [6, 6.07) is 12.9. The van der Waals surface area contributed by atoms with E-state index in [0.29, 0.717) is 15.0 Å². The topological polar surface area (TPSA) is 109 Å². The molecule has 0 radical (unpaired) electrons. The largest absolute Gasteiger partial charge is 0.462 e. The third-order valence-corrected chi connectivity index (χ3v) is 8.26. The highest BCUT2D eigenvalue weighted by Gasteiger charge is 2.42. The van der Waals surface area contributed by atoms with Crippen LogP contribution in [-0.4, -0.2) is 58.6 Å². The Balaban J connectivity index is 1.93. The number of halogens is 1. The van der Waals surface area contributed by atoms with Crippen LogP contribution in [0, 0.1) is 0 Å². The third kappa shape index (κ3) is 7.72. The van der Waals surface area contributed by atoms with E-state index in [0.717, 1.165) is 0 Å². The summed E-state index contributed by atoms with van der Waals surface area (Å²) in [6.07, 6.45) is 1.46. The number of nitrogens with one attached hydrogen (secondary N) is 1. The molecule has 1 unspecified atom stereocenters. The Hall–Kier alpha value is -3.08. The Morgan fingerprint density at radius 3 is 2.53 bits per heavy atom. The zero-order valence-corrected chi connectivity index (χ0v) is 22.7. The van der Waals surface area contributed by atoms with E-state index in [2.05, 4.69) is 11.7 Å². The molecule has 2 aromatic carbocycles. The molecule has 3 rings (SSSR count). The fraction of sp³-hybridized carbons (Fsp3) is 0.308. The molecule has 0 amide bonds. The second-order valence-corrected chi connectivity index (χ2v) is 11.1. The molecule has 1 heterocycles. The number of methoxy groups -OCH3 is 2. The van der Waals surface area contributed by atoms with Crippen molar-refractivity contribution >= 4 is 40.9 Å². The standard InChI is InChI=1S/C26H29FNO8PS/c1-4-12-34-26(30)23-16-19-15-18(10-11-22(19)38-23)24(27)37(31,36-20-8-6-5-7-9-20)28-21(17-33-3)25(29)35-14-13-32-2/h4-11,15-16,21,24H,1,12-14,17H2,2-3H3,(H,28,31)/t21-,24+,37?/m0/s1. The predicted molar refractivity (Wildman–Crippen MR) is 142 cm³/mol. The zero-order valence-electron chi connectivity index (χ0n) is 21.0. The number of esters is 2. The molecule has 0 saturated carbocycles. The second kappa shape index (κ2) is 14.2. The van der Waals surface area contributed by atoms with E-state index in [-0.39, 0.29) is 37.7 Å². The Bertz CT molecular complexity index is 1280. The average molecular weight is 566 g/mol. The molecule has 0 fully saturated rings. The molecule has 9 nitrogen and oxygen atoms in total. The van der Waals surface area contributed by atoms with E-state index in [1.165, 1.54) is 55.9 Å². The van der Waals surface area contributed by atoms with Crippen molar-refractivity contribution in [2.75, 3.05) is 40.6 Å². The number of carbonyl (C=O) groups excluding carboxylic acids is 2. The van der Waals surface area contributed by atoms with Gasteiger partial charge in [-0.05, 0) is 41.3 Å². The van der Waals surface area contributed by atoms with Crippen LogP contribution >= 0.6 is 18.9 Å². The van der Waals surface area contributed by atoms with Crippen LogP contribution in [0.15, 0.2) is 67.3 Å². The number of para-hydroxylation sites is 1. The number of thiophene rings is 1. The van der Waals surface area contributed by atoms with E-state index < -0.39 is 31.4 Å². The Morgan fingerprint density at radius 2 is 1.84 bits per heavy atom. The Kier molecular flexibility index (Phi) is 11.0. The van der Waals surface area contributed by atoms with Gasteiger partial charge in [0.1, 0.15) is 29.9 Å². The molecule has 12 heteroatoms. The molecule has 0 aliphatic heterocycles. The Morgan fingerprint density at radius 1 is 1.08 bits per heavy atom. The summed E-state index contributed by atoms with van der Waals surface area (Å²) in [5.74, 6) is -3.38. The van der Waals surface area contributed by atoms with Gasteiger partial charge in [-0.3, -0.25) is 9.36 Å². The summed E-state index contributed by atoms with van der Waals surface area (Å²) < 4.78 is 56.8. The molecule has 1 aromatic heterocycles. The molecule has 0 saturated heterocycles. The van der Waals surface area contributed by atoms with Crippen LogP contribution in [0.5, 0.6) is 5.75 Å². The lowest BCUT2D eigenvalue weighted by molar-refractivity contribution is -0.148. The second-order valence-electron chi connectivity index (χ2n) is 7.93. The summed E-state index contributed by atoms with van der Waals surface area (Å²) in [4.78, 5) is 25.2. The summed E-state index contributed by atoms with van der Waals surface area (Å²) in [6.45, 7) is 3.43. The Labute approximate surface area is 224 Å². The van der Waals surface area contributed by atoms with Crippen LogP contribution in [0.25, 0.3) is 10.1 Å². The van der Waals surface area contributed by atoms with Crippen molar-refractivity contribution in [1.29, 1.82) is 0 Å². The van der Waals surface area contributed by atoms with E-state index in [9.17, 15) is 14.2 Å². The van der Waals surface area contributed by atoms with Gasteiger partial charge in [0.25, 0.3) is 0 Å². The van der Waals surface area contributed by atoms with Gasteiger partial charge in [0.15, 0.2) is 0 Å². The summed E-state index contributed by atoms with van der Waals surface area (Å²) >= 11 is 1.18. The maximum absolute atomic E-state index is 16.1. The lowest BCUT2D eigenvalue weighted by Gasteiger charge is -2.27. The molecule has 3 aromatic rings. The van der Waals surface area contributed by atoms with Crippen LogP contribution in [0.3, 0.4) is 0 Å². The summed E-state index contributed by atoms with van der Waals surface area (Å²) in [7, 11) is -1.67. The summed E-state index contributed by atoms with van der Waals surface area (Å²) in [5.41, 5.74) is 0.0250. The molecule has 0 bridgehead atoms. The van der Waals surface area contributed by atoms with Gasteiger partial charge in [-0.1, -0.05) is 36.9 Å². The molecule has 38 heavy (non-hydrogen) atoms. The van der Waals surface area contributed by atoms with Crippen molar-refractivity contribution in [1.82, 2.24) is 5.09 Å². The number of hydrogen-bond acceptors (Lipinski definition) is 9. The van der Waals surface area contributed by atoms with Gasteiger partial charge in [-0.15, -0.1) is 11.3 Å². The highest BCUT2D eigenvalue weighted by atomic mass is 32.1. The van der Waals surface area contributed by atoms with Gasteiger partial charge in [0.05, 0.1) is 13.2 Å². The van der Waals surface area contributed by atoms with Crippen molar-refractivity contribution in [2.24, 2.45) is 0 Å². The van der Waals surface area contributed by atoms with Gasteiger partial charge in [-0.2, -0.15) is 0 Å². The minimum absolute atomic E-state index is 0.0250. The summed E-state index contributed by atoms with van der Waals surface area (Å²) in [5, 5.41) is 3.09. The highest BCUT2D eigenvalue weighted by molar-refractivity contribution is 7.57. The van der Waals surface area contributed by atoms with Crippen LogP contribution < -0.4 is 9.61 Å². The van der Waals surface area contributed by atoms with Gasteiger partial charge < -0.3 is 23.5 Å². The van der Waals surface area contributed by atoms with Crippen molar-refractivity contribution in [3.05, 3.63) is 77.7 Å². The molecule has 0 aliphatic rings. The number of carbonyl (C=O) groups is 2. The van der Waals surface area contributed by atoms with Gasteiger partial charge in [0, 0.05) is 18.9 Å². The van der Waals surface area contributed by atoms with E-state index in [1.807, 2.05) is 0 Å². The zero-order chi connectivity index (χ0) is 27.5. The lowest BCUT2D eigenvalue weighted by Crippen LogP contribution is -2.41. The fourth-order valence-corrected chi connectivity index (χ4v) is 6.17. The van der Waals surface area contributed by atoms with Crippen LogP contribution in [0.1, 0.15) is 21.1 Å². The first-order valence-electron chi connectivity index (χ1n) is 11.5. The van der Waals surface area contributed by atoms with Crippen LogP contribution in [0.4, 0.5) is 4.39 Å². The van der Waals surface area contributed by atoms with Gasteiger partial charge in [-0.25, -0.2) is 14.3 Å². The molecule has 0 aliphatic carbocycles. The van der Waals surface area contributed by atoms with Crippen LogP contribution in [-0.2, 0) is 28.3 Å². The number of fused-ring (bicyclic) bond motifs is 1. The van der Waals surface area contributed by atoms with Crippen molar-refractivity contribution < 1.29 is 42.0 Å². The molecular weight excluding hydrogens is 536 g/mol. The average Bonchev–Trinajstić information content (AvgIpc) is 3.35. The first-order chi connectivity index (χ1) is 18.3. The van der Waals surface area contributed by atoms with E-state index >= 15 is 4.39 Å². The minimum atomic E-state index is -4.47. The number of alkyl halides is 1.